The van der Waals surface area contributed by atoms with E-state index in [9.17, 15) is 0 Å². The molecule has 0 rings (SSSR count). The maximum atomic E-state index is 5.92. The number of nitrogens with two attached hydrogens (primary N) is 1. The molecule has 68 valence electrons. The highest BCUT2D eigenvalue weighted by molar-refractivity contribution is 7.99. The van der Waals surface area contributed by atoms with Gasteiger partial charge in [0.15, 0.2) is 0 Å². The molecule has 0 aromatic heterocycles. The predicted octanol–water partition coefficient (Wildman–Crippen LogP) is 1.76. The van der Waals surface area contributed by atoms with E-state index in [0.717, 1.165) is 12.2 Å². The molecular weight excluding hydrogens is 156 g/mol. The first kappa shape index (κ1) is 11.3. The van der Waals surface area contributed by atoms with Crippen molar-refractivity contribution in [3.8, 4) is 0 Å². The second kappa shape index (κ2) is 5.01. The predicted molar refractivity (Wildman–Crippen MR) is 53.6 cm³/mol. The molecule has 0 fully saturated rings. The fourth-order valence-corrected chi connectivity index (χ4v) is 1.71. The summed E-state index contributed by atoms with van der Waals surface area (Å²) in [6.07, 6.45) is 0.960. The molecule has 3 N–H and O–H groups in total. The van der Waals surface area contributed by atoms with Crippen LogP contribution in [0.3, 0.4) is 0 Å². The van der Waals surface area contributed by atoms with E-state index in [2.05, 4.69) is 26.1 Å². The third kappa shape index (κ3) is 5.53. The zero-order chi connectivity index (χ0) is 8.91. The molecule has 0 aliphatic heterocycles. The number of rotatable bonds is 5. The fourth-order valence-electron chi connectivity index (χ4n) is 0.858. The fraction of sp³-hybridized carbons (Fsp3) is 1.00. The van der Waals surface area contributed by atoms with E-state index in [-0.39, 0.29) is 5.66 Å². The third-order valence-corrected chi connectivity index (χ3v) is 2.64. The first-order chi connectivity index (χ1) is 5.02. The number of thioether (sulfide) groups is 1. The molecule has 0 bridgehead atoms. The molecule has 0 saturated carbocycles. The van der Waals surface area contributed by atoms with Crippen molar-refractivity contribution in [1.29, 1.82) is 0 Å². The summed E-state index contributed by atoms with van der Waals surface area (Å²) in [5.74, 6) is 1.13. The van der Waals surface area contributed by atoms with Crippen LogP contribution in [0.2, 0.25) is 0 Å². The molecule has 0 saturated heterocycles. The molecule has 2 nitrogen and oxygen atoms in total. The van der Waals surface area contributed by atoms with Crippen molar-refractivity contribution in [1.82, 2.24) is 5.32 Å². The summed E-state index contributed by atoms with van der Waals surface area (Å²) >= 11 is 1.88. The summed E-state index contributed by atoms with van der Waals surface area (Å²) in [5.41, 5.74) is 5.72. The van der Waals surface area contributed by atoms with Gasteiger partial charge >= 0.3 is 0 Å². The average Bonchev–Trinajstić information content (AvgIpc) is 1.87. The largest absolute Gasteiger partial charge is 0.314 e. The lowest BCUT2D eigenvalue weighted by atomic mass is 10.1. The van der Waals surface area contributed by atoms with Gasteiger partial charge in [0.1, 0.15) is 0 Å². The lowest BCUT2D eigenvalue weighted by molar-refractivity contribution is 0.354. The third-order valence-electron chi connectivity index (χ3n) is 1.68. The molecule has 0 spiro atoms. The van der Waals surface area contributed by atoms with Gasteiger partial charge in [-0.15, -0.1) is 11.8 Å². The van der Waals surface area contributed by atoms with Crippen LogP contribution in [0.25, 0.3) is 0 Å². The van der Waals surface area contributed by atoms with E-state index in [1.165, 1.54) is 0 Å². The minimum absolute atomic E-state index is 0.207. The first-order valence-corrected chi connectivity index (χ1v) is 5.25. The summed E-state index contributed by atoms with van der Waals surface area (Å²) in [4.78, 5) is 0. The maximum absolute atomic E-state index is 5.92. The van der Waals surface area contributed by atoms with E-state index >= 15 is 0 Å². The Balaban J connectivity index is 3.64. The van der Waals surface area contributed by atoms with E-state index in [4.69, 9.17) is 5.73 Å². The van der Waals surface area contributed by atoms with Gasteiger partial charge in [-0.05, 0) is 26.0 Å². The smallest absolute Gasteiger partial charge is 0.0638 e. The Morgan fingerprint density at radius 2 is 2.09 bits per heavy atom. The highest BCUT2D eigenvalue weighted by atomic mass is 32.2. The van der Waals surface area contributed by atoms with Crippen molar-refractivity contribution in [2.75, 3.05) is 5.75 Å². The van der Waals surface area contributed by atoms with Gasteiger partial charge in [0.25, 0.3) is 0 Å². The van der Waals surface area contributed by atoms with Crippen molar-refractivity contribution in [2.45, 2.75) is 45.2 Å². The molecule has 0 aliphatic rings. The van der Waals surface area contributed by atoms with Gasteiger partial charge in [0.05, 0.1) is 11.0 Å². The molecule has 0 aromatic carbocycles. The van der Waals surface area contributed by atoms with Gasteiger partial charge < -0.3 is 5.73 Å². The summed E-state index contributed by atoms with van der Waals surface area (Å²) in [6.45, 7) is 8.42. The second-order valence-electron chi connectivity index (χ2n) is 3.01. The van der Waals surface area contributed by atoms with Crippen molar-refractivity contribution in [3.63, 3.8) is 0 Å². The zero-order valence-electron chi connectivity index (χ0n) is 7.98. The molecule has 0 aromatic rings. The first-order valence-electron chi connectivity index (χ1n) is 4.20. The maximum Gasteiger partial charge on any atom is 0.0638 e. The Morgan fingerprint density at radius 3 is 2.45 bits per heavy atom. The van der Waals surface area contributed by atoms with Crippen LogP contribution in [0.15, 0.2) is 0 Å². The summed E-state index contributed by atoms with van der Waals surface area (Å²) < 4.78 is 0. The highest BCUT2D eigenvalue weighted by Crippen LogP contribution is 2.10. The second-order valence-corrected chi connectivity index (χ2v) is 4.63. The Kier molecular flexibility index (Phi) is 5.13. The van der Waals surface area contributed by atoms with Crippen molar-refractivity contribution in [2.24, 2.45) is 5.73 Å². The Morgan fingerprint density at radius 1 is 1.55 bits per heavy atom. The Bertz CT molecular complexity index is 104. The summed E-state index contributed by atoms with van der Waals surface area (Å²) in [5, 5.41) is 3.80. The molecule has 0 aliphatic carbocycles. The number of hydrogen-bond donors (Lipinski definition) is 2. The van der Waals surface area contributed by atoms with E-state index in [0.29, 0.717) is 5.37 Å². The van der Waals surface area contributed by atoms with Crippen molar-refractivity contribution in [3.05, 3.63) is 0 Å². The molecular formula is C8H20N2S. The highest BCUT2D eigenvalue weighted by Gasteiger charge is 2.17. The molecule has 2 unspecified atom stereocenters. The molecule has 11 heavy (non-hydrogen) atoms. The quantitative estimate of drug-likeness (QED) is 0.627. The van der Waals surface area contributed by atoms with Crippen molar-refractivity contribution >= 4 is 11.8 Å². The molecule has 3 heteroatoms. The van der Waals surface area contributed by atoms with Gasteiger partial charge in [-0.2, -0.15) is 0 Å². The van der Waals surface area contributed by atoms with Crippen LogP contribution >= 0.6 is 11.8 Å². The average molecular weight is 176 g/mol. The molecule has 0 heterocycles. The van der Waals surface area contributed by atoms with Gasteiger partial charge in [-0.25, -0.2) is 0 Å². The molecule has 2 atom stereocenters. The van der Waals surface area contributed by atoms with Gasteiger partial charge in [0, 0.05) is 0 Å². The van der Waals surface area contributed by atoms with Crippen LogP contribution in [0.5, 0.6) is 0 Å². The van der Waals surface area contributed by atoms with Crippen LogP contribution in [-0.2, 0) is 0 Å². The lowest BCUT2D eigenvalue weighted by Crippen LogP contribution is -2.52. The van der Waals surface area contributed by atoms with Crippen LogP contribution in [-0.4, -0.2) is 16.8 Å². The van der Waals surface area contributed by atoms with Crippen molar-refractivity contribution < 1.29 is 0 Å². The lowest BCUT2D eigenvalue weighted by Gasteiger charge is -2.28. The Labute approximate surface area is 74.3 Å². The van der Waals surface area contributed by atoms with Gasteiger partial charge in [0.2, 0.25) is 0 Å². The van der Waals surface area contributed by atoms with E-state index < -0.39 is 0 Å². The number of hydrogen-bond acceptors (Lipinski definition) is 3. The Hall–Kier alpha value is 0.270. The molecule has 0 radical (unpaired) electrons. The van der Waals surface area contributed by atoms with Crippen LogP contribution in [0, 0.1) is 0 Å². The van der Waals surface area contributed by atoms with E-state index in [1.807, 2.05) is 18.7 Å². The SMILES string of the molecule is CCSC(C)NC(C)(N)CC. The van der Waals surface area contributed by atoms with Crippen LogP contribution in [0.4, 0.5) is 0 Å². The summed E-state index contributed by atoms with van der Waals surface area (Å²) in [6, 6.07) is 0. The number of nitrogens with one attached hydrogen (secondary N) is 1. The standard InChI is InChI=1S/C8H20N2S/c1-5-8(4,9)10-7(3)11-6-2/h7,10H,5-6,9H2,1-4H3. The normalized spacial score (nSPS) is 19.4. The van der Waals surface area contributed by atoms with Gasteiger partial charge in [-0.3, -0.25) is 5.32 Å². The minimum atomic E-state index is -0.207. The van der Waals surface area contributed by atoms with Crippen LogP contribution in [0.1, 0.15) is 34.1 Å². The minimum Gasteiger partial charge on any atom is -0.314 e. The monoisotopic (exact) mass is 176 g/mol. The zero-order valence-corrected chi connectivity index (χ0v) is 8.79. The molecule has 0 amide bonds. The van der Waals surface area contributed by atoms with E-state index in [1.54, 1.807) is 0 Å². The summed E-state index contributed by atoms with van der Waals surface area (Å²) in [7, 11) is 0. The topological polar surface area (TPSA) is 38.0 Å². The van der Waals surface area contributed by atoms with Gasteiger partial charge in [-0.1, -0.05) is 13.8 Å². The van der Waals surface area contributed by atoms with Crippen LogP contribution < -0.4 is 11.1 Å².